The Morgan fingerprint density at radius 3 is 2.75 bits per heavy atom. The lowest BCUT2D eigenvalue weighted by molar-refractivity contribution is 0.0301. The first-order valence-corrected chi connectivity index (χ1v) is 11.6. The Morgan fingerprint density at radius 1 is 1.18 bits per heavy atom. The van der Waals surface area contributed by atoms with Crippen molar-refractivity contribution >= 4 is 42.4 Å². The van der Waals surface area contributed by atoms with Crippen molar-refractivity contribution in [3.8, 4) is 11.3 Å². The highest BCUT2D eigenvalue weighted by Gasteiger charge is 2.38. The van der Waals surface area contributed by atoms with Gasteiger partial charge in [-0.2, -0.15) is 5.10 Å². The van der Waals surface area contributed by atoms with Crippen LogP contribution in [0.3, 0.4) is 0 Å². The zero-order valence-electron chi connectivity index (χ0n) is 15.2. The molecule has 4 aromatic heterocycles. The second-order valence-electron chi connectivity index (χ2n) is 7.32. The van der Waals surface area contributed by atoms with E-state index in [-0.39, 0.29) is 24.3 Å². The molecule has 0 unspecified atom stereocenters. The zero-order chi connectivity index (χ0) is 19.5. The van der Waals surface area contributed by atoms with E-state index in [9.17, 15) is 13.5 Å². The number of fused-ring (bicyclic) bond motifs is 2. The number of pyridine rings is 2. The minimum atomic E-state index is -3.04. The standard InChI is InChI=1S/C19H18N4O3S2/c1-23-11-14-8-13(10-20-17(14)22-23)15-3-2-12-9-16(27-18(12)21-15)19(24)4-6-28(25,26)7-5-19/h2-3,8-11,24H,4-7H2,1H3. The average molecular weight is 415 g/mol. The molecule has 0 aliphatic carbocycles. The number of nitrogens with zero attached hydrogens (tertiary/aromatic N) is 4. The molecule has 0 saturated carbocycles. The summed E-state index contributed by atoms with van der Waals surface area (Å²) in [6, 6.07) is 7.86. The number of hydrogen-bond acceptors (Lipinski definition) is 7. The van der Waals surface area contributed by atoms with Crippen molar-refractivity contribution in [3.63, 3.8) is 0 Å². The Labute approximate surface area is 165 Å². The number of sulfone groups is 1. The van der Waals surface area contributed by atoms with Crippen molar-refractivity contribution in [3.05, 3.63) is 41.5 Å². The number of aromatic nitrogens is 4. The van der Waals surface area contributed by atoms with Crippen molar-refractivity contribution < 1.29 is 13.5 Å². The third kappa shape index (κ3) is 2.99. The van der Waals surface area contributed by atoms with Gasteiger partial charge in [0.25, 0.3) is 0 Å². The van der Waals surface area contributed by atoms with E-state index in [4.69, 9.17) is 4.98 Å². The van der Waals surface area contributed by atoms with Gasteiger partial charge < -0.3 is 5.11 Å². The molecule has 5 heterocycles. The molecule has 5 rings (SSSR count). The largest absolute Gasteiger partial charge is 0.384 e. The van der Waals surface area contributed by atoms with E-state index >= 15 is 0 Å². The van der Waals surface area contributed by atoms with Gasteiger partial charge in [0.2, 0.25) is 0 Å². The van der Waals surface area contributed by atoms with Gasteiger partial charge in [0.1, 0.15) is 10.4 Å². The normalized spacial score (nSPS) is 18.6. The lowest BCUT2D eigenvalue weighted by Gasteiger charge is -2.30. The maximum Gasteiger partial charge on any atom is 0.181 e. The maximum atomic E-state index is 11.7. The van der Waals surface area contributed by atoms with Crippen molar-refractivity contribution in [1.29, 1.82) is 0 Å². The van der Waals surface area contributed by atoms with Gasteiger partial charge in [-0.1, -0.05) is 0 Å². The first-order chi connectivity index (χ1) is 13.3. The van der Waals surface area contributed by atoms with Gasteiger partial charge in [-0.25, -0.2) is 18.4 Å². The number of rotatable bonds is 2. The summed E-state index contributed by atoms with van der Waals surface area (Å²) < 4.78 is 25.1. The van der Waals surface area contributed by atoms with Gasteiger partial charge in [-0.05, 0) is 37.1 Å². The summed E-state index contributed by atoms with van der Waals surface area (Å²) in [6.07, 6.45) is 4.14. The molecule has 9 heteroatoms. The Kier molecular flexibility index (Phi) is 3.84. The Balaban J connectivity index is 1.52. The summed E-state index contributed by atoms with van der Waals surface area (Å²) in [4.78, 5) is 10.8. The fourth-order valence-electron chi connectivity index (χ4n) is 3.60. The molecule has 0 atom stereocenters. The van der Waals surface area contributed by atoms with Gasteiger partial charge in [-0.3, -0.25) is 4.68 Å². The highest BCUT2D eigenvalue weighted by atomic mass is 32.2. The predicted molar refractivity (Wildman–Crippen MR) is 109 cm³/mol. The van der Waals surface area contributed by atoms with Crippen LogP contribution in [0.2, 0.25) is 0 Å². The smallest absolute Gasteiger partial charge is 0.181 e. The molecule has 1 aliphatic rings. The highest BCUT2D eigenvalue weighted by molar-refractivity contribution is 7.91. The van der Waals surface area contributed by atoms with E-state index in [1.54, 1.807) is 10.9 Å². The topological polar surface area (TPSA) is 98.0 Å². The summed E-state index contributed by atoms with van der Waals surface area (Å²) in [7, 11) is -1.17. The fourth-order valence-corrected chi connectivity index (χ4v) is 6.28. The molecule has 4 aromatic rings. The summed E-state index contributed by atoms with van der Waals surface area (Å²) in [5.74, 6) is 0.0421. The summed E-state index contributed by atoms with van der Waals surface area (Å²) >= 11 is 1.43. The van der Waals surface area contributed by atoms with Crippen LogP contribution < -0.4 is 0 Å². The Bertz CT molecular complexity index is 1310. The molecule has 0 bridgehead atoms. The van der Waals surface area contributed by atoms with Crippen molar-refractivity contribution in [2.75, 3.05) is 11.5 Å². The second-order valence-corrected chi connectivity index (χ2v) is 10.7. The van der Waals surface area contributed by atoms with Crippen LogP contribution in [0.25, 0.3) is 32.5 Å². The van der Waals surface area contributed by atoms with Crippen LogP contribution in [-0.2, 0) is 22.5 Å². The van der Waals surface area contributed by atoms with Crippen LogP contribution in [0.4, 0.5) is 0 Å². The number of aliphatic hydroxyl groups is 1. The van der Waals surface area contributed by atoms with Crippen molar-refractivity contribution in [2.24, 2.45) is 7.05 Å². The molecule has 0 radical (unpaired) electrons. The minimum absolute atomic E-state index is 0.0210. The van der Waals surface area contributed by atoms with Crippen LogP contribution in [0.5, 0.6) is 0 Å². The van der Waals surface area contributed by atoms with Gasteiger partial charge >= 0.3 is 0 Å². The zero-order valence-corrected chi connectivity index (χ0v) is 16.8. The lowest BCUT2D eigenvalue weighted by atomic mass is 9.95. The van der Waals surface area contributed by atoms with E-state index in [0.29, 0.717) is 5.65 Å². The van der Waals surface area contributed by atoms with Crippen LogP contribution in [0, 0.1) is 0 Å². The SMILES string of the molecule is Cn1cc2cc(-c3ccc4cc(C5(O)CCS(=O)(=O)CC5)sc4n3)cnc2n1. The average Bonchev–Trinajstić information content (AvgIpc) is 3.25. The van der Waals surface area contributed by atoms with Crippen molar-refractivity contribution in [2.45, 2.75) is 18.4 Å². The Morgan fingerprint density at radius 2 is 1.96 bits per heavy atom. The lowest BCUT2D eigenvalue weighted by Crippen LogP contribution is -2.36. The summed E-state index contributed by atoms with van der Waals surface area (Å²) in [5, 5.41) is 17.2. The van der Waals surface area contributed by atoms with Crippen LogP contribution in [-0.4, -0.2) is 44.8 Å². The molecule has 0 spiro atoms. The molecule has 1 N–H and O–H groups in total. The third-order valence-corrected chi connectivity index (χ3v) is 8.15. The van der Waals surface area contributed by atoms with E-state index in [0.717, 1.165) is 31.7 Å². The quantitative estimate of drug-likeness (QED) is 0.541. The molecule has 0 aromatic carbocycles. The van der Waals surface area contributed by atoms with Gasteiger partial charge in [0.05, 0.1) is 17.2 Å². The van der Waals surface area contributed by atoms with E-state index < -0.39 is 15.4 Å². The first kappa shape index (κ1) is 17.7. The summed E-state index contributed by atoms with van der Waals surface area (Å²) in [5.41, 5.74) is 1.31. The van der Waals surface area contributed by atoms with E-state index in [1.807, 2.05) is 37.5 Å². The summed E-state index contributed by atoms with van der Waals surface area (Å²) in [6.45, 7) is 0. The highest BCUT2D eigenvalue weighted by Crippen LogP contribution is 2.40. The molecule has 1 saturated heterocycles. The van der Waals surface area contributed by atoms with E-state index in [2.05, 4.69) is 10.1 Å². The molecule has 1 aliphatic heterocycles. The molecular weight excluding hydrogens is 396 g/mol. The second kappa shape index (κ2) is 6.07. The van der Waals surface area contributed by atoms with Crippen molar-refractivity contribution in [1.82, 2.24) is 19.7 Å². The molecule has 28 heavy (non-hydrogen) atoms. The van der Waals surface area contributed by atoms with E-state index in [1.165, 1.54) is 11.3 Å². The number of aryl methyl sites for hydroxylation is 1. The number of thiophene rings is 1. The number of hydrogen-bond donors (Lipinski definition) is 1. The van der Waals surface area contributed by atoms with Crippen LogP contribution in [0.1, 0.15) is 17.7 Å². The van der Waals surface area contributed by atoms with Crippen LogP contribution >= 0.6 is 11.3 Å². The molecule has 144 valence electrons. The third-order valence-electron chi connectivity index (χ3n) is 5.26. The van der Waals surface area contributed by atoms with Gasteiger partial charge in [0, 0.05) is 40.7 Å². The molecular formula is C19H18N4O3S2. The monoisotopic (exact) mass is 414 g/mol. The van der Waals surface area contributed by atoms with Gasteiger partial charge in [0.15, 0.2) is 15.5 Å². The van der Waals surface area contributed by atoms with Crippen LogP contribution in [0.15, 0.2) is 36.7 Å². The maximum absolute atomic E-state index is 11.7. The predicted octanol–water partition coefficient (Wildman–Crippen LogP) is 2.64. The minimum Gasteiger partial charge on any atom is -0.384 e. The molecule has 0 amide bonds. The fraction of sp³-hybridized carbons (Fsp3) is 0.316. The van der Waals surface area contributed by atoms with Gasteiger partial charge in [-0.15, -0.1) is 11.3 Å². The Hall–Kier alpha value is -2.36. The molecule has 1 fully saturated rings. The molecule has 7 nitrogen and oxygen atoms in total. The first-order valence-electron chi connectivity index (χ1n) is 8.95.